The average Bonchev–Trinajstić information content (AvgIpc) is 2.77. The van der Waals surface area contributed by atoms with Crippen LogP contribution in [0, 0.1) is 5.41 Å². The first-order valence-electron chi connectivity index (χ1n) is 5.91. The van der Waals surface area contributed by atoms with E-state index in [1.54, 1.807) is 6.92 Å². The van der Waals surface area contributed by atoms with Crippen LogP contribution in [0.3, 0.4) is 0 Å². The summed E-state index contributed by atoms with van der Waals surface area (Å²) in [5.41, 5.74) is -2.09. The summed E-state index contributed by atoms with van der Waals surface area (Å²) in [6.07, 6.45) is -2.03. The lowest BCUT2D eigenvalue weighted by Gasteiger charge is -2.35. The molecule has 0 bridgehead atoms. The highest BCUT2D eigenvalue weighted by Gasteiger charge is 2.53. The molecule has 1 rings (SSSR count). The van der Waals surface area contributed by atoms with Crippen LogP contribution in [0.4, 0.5) is 13.2 Å². The molecule has 7 heteroatoms. The molecular weight excluding hydrogens is 261 g/mol. The molecule has 1 aromatic rings. The normalized spacial score (nSPS) is 14.2. The molecule has 1 heterocycles. The number of alkyl halides is 3. The van der Waals surface area contributed by atoms with Gasteiger partial charge < -0.3 is 4.74 Å². The van der Waals surface area contributed by atoms with Gasteiger partial charge in [0.05, 0.1) is 24.5 Å². The van der Waals surface area contributed by atoms with E-state index in [9.17, 15) is 18.0 Å². The van der Waals surface area contributed by atoms with E-state index in [4.69, 9.17) is 4.74 Å². The largest absolute Gasteiger partial charge is 0.466 e. The average molecular weight is 278 g/mol. The van der Waals surface area contributed by atoms with Gasteiger partial charge in [0.15, 0.2) is 0 Å². The highest BCUT2D eigenvalue weighted by atomic mass is 19.4. The third kappa shape index (κ3) is 3.48. The first-order valence-corrected chi connectivity index (χ1v) is 5.91. The van der Waals surface area contributed by atoms with Gasteiger partial charge in [0.25, 0.3) is 0 Å². The van der Waals surface area contributed by atoms with Crippen molar-refractivity contribution < 1.29 is 22.7 Å². The maximum absolute atomic E-state index is 13.1. The van der Waals surface area contributed by atoms with Crippen molar-refractivity contribution in [1.29, 1.82) is 0 Å². The molecular formula is C12H17F3N2O2. The fraction of sp³-hybridized carbons (Fsp3) is 0.667. The van der Waals surface area contributed by atoms with E-state index in [-0.39, 0.29) is 13.0 Å². The van der Waals surface area contributed by atoms with Crippen molar-refractivity contribution in [2.75, 3.05) is 6.61 Å². The first-order chi connectivity index (χ1) is 8.70. The summed E-state index contributed by atoms with van der Waals surface area (Å²) in [7, 11) is 0. The number of esters is 1. The predicted octanol–water partition coefficient (Wildman–Crippen LogP) is 2.97. The quantitative estimate of drug-likeness (QED) is 0.778. The topological polar surface area (TPSA) is 44.1 Å². The summed E-state index contributed by atoms with van der Waals surface area (Å²) in [4.78, 5) is 11.5. The number of carbonyl (C=O) groups excluding carboxylic acids is 1. The van der Waals surface area contributed by atoms with Crippen LogP contribution < -0.4 is 0 Å². The van der Waals surface area contributed by atoms with Crippen LogP contribution in [-0.2, 0) is 9.53 Å². The number of carbonyl (C=O) groups is 1. The number of hydrogen-bond acceptors (Lipinski definition) is 3. The minimum atomic E-state index is -4.45. The van der Waals surface area contributed by atoms with Crippen molar-refractivity contribution in [2.45, 2.75) is 39.4 Å². The molecule has 0 aliphatic rings. The second-order valence-electron chi connectivity index (χ2n) is 4.73. The van der Waals surface area contributed by atoms with E-state index < -0.39 is 23.6 Å². The maximum atomic E-state index is 13.1. The van der Waals surface area contributed by atoms with Gasteiger partial charge in [-0.15, -0.1) is 0 Å². The number of nitrogens with zero attached hydrogens (tertiary/aromatic N) is 2. The Balaban J connectivity index is 3.04. The molecule has 4 nitrogen and oxygen atoms in total. The summed E-state index contributed by atoms with van der Waals surface area (Å²) >= 11 is 0. The zero-order chi connectivity index (χ0) is 14.7. The van der Waals surface area contributed by atoms with Crippen molar-refractivity contribution in [3.05, 3.63) is 18.5 Å². The molecule has 0 amide bonds. The number of aromatic nitrogens is 2. The molecule has 1 atom stereocenters. The minimum Gasteiger partial charge on any atom is -0.466 e. The summed E-state index contributed by atoms with van der Waals surface area (Å²) in [5.74, 6) is -0.666. The first kappa shape index (κ1) is 15.5. The predicted molar refractivity (Wildman–Crippen MR) is 62.4 cm³/mol. The third-order valence-electron chi connectivity index (χ3n) is 3.07. The third-order valence-corrected chi connectivity index (χ3v) is 3.07. The van der Waals surface area contributed by atoms with Gasteiger partial charge in [-0.1, -0.05) is 0 Å². The van der Waals surface area contributed by atoms with E-state index in [0.29, 0.717) is 0 Å². The number of ether oxygens (including phenoxy) is 1. The summed E-state index contributed by atoms with van der Waals surface area (Å²) in [5, 5.41) is 3.82. The second-order valence-corrected chi connectivity index (χ2v) is 4.73. The van der Waals surface area contributed by atoms with Gasteiger partial charge in [-0.3, -0.25) is 9.48 Å². The minimum absolute atomic E-state index is 0.136. The summed E-state index contributed by atoms with van der Waals surface area (Å²) < 4.78 is 45.2. The van der Waals surface area contributed by atoms with E-state index >= 15 is 0 Å². The van der Waals surface area contributed by atoms with Crippen LogP contribution >= 0.6 is 0 Å². The van der Waals surface area contributed by atoms with Gasteiger partial charge >= 0.3 is 12.1 Å². The standard InChI is InChI=1S/C12H17F3N2O2/c1-4-19-10(18)8-9(17-7-5-6-16-17)11(2,3)12(13,14)15/h5-7,9H,4,8H2,1-3H3. The van der Waals surface area contributed by atoms with Gasteiger partial charge in [0, 0.05) is 12.4 Å². The van der Waals surface area contributed by atoms with Crippen LogP contribution in [-0.4, -0.2) is 28.5 Å². The van der Waals surface area contributed by atoms with Crippen molar-refractivity contribution >= 4 is 5.97 Å². The molecule has 108 valence electrons. The fourth-order valence-electron chi connectivity index (χ4n) is 1.71. The lowest BCUT2D eigenvalue weighted by molar-refractivity contribution is -0.228. The van der Waals surface area contributed by atoms with E-state index in [1.165, 1.54) is 18.5 Å². The van der Waals surface area contributed by atoms with E-state index in [2.05, 4.69) is 5.10 Å². The molecule has 0 radical (unpaired) electrons. The van der Waals surface area contributed by atoms with Crippen LogP contribution in [0.1, 0.15) is 33.2 Å². The number of halogens is 3. The summed E-state index contributed by atoms with van der Waals surface area (Å²) in [6.45, 7) is 3.85. The van der Waals surface area contributed by atoms with Gasteiger partial charge in [-0.25, -0.2) is 0 Å². The molecule has 0 N–H and O–H groups in total. The van der Waals surface area contributed by atoms with Crippen LogP contribution in [0.25, 0.3) is 0 Å². The Bertz CT molecular complexity index is 413. The zero-order valence-electron chi connectivity index (χ0n) is 11.1. The molecule has 0 spiro atoms. The van der Waals surface area contributed by atoms with Crippen LogP contribution in [0.2, 0.25) is 0 Å². The Morgan fingerprint density at radius 2 is 2.05 bits per heavy atom. The Morgan fingerprint density at radius 1 is 1.42 bits per heavy atom. The Hall–Kier alpha value is -1.53. The van der Waals surface area contributed by atoms with Crippen LogP contribution in [0.5, 0.6) is 0 Å². The SMILES string of the molecule is CCOC(=O)CC(n1cccn1)C(C)(C)C(F)(F)F. The second kappa shape index (κ2) is 5.63. The highest BCUT2D eigenvalue weighted by molar-refractivity contribution is 5.70. The number of rotatable bonds is 5. The summed E-state index contributed by atoms with van der Waals surface area (Å²) in [6, 6.07) is 0.381. The zero-order valence-corrected chi connectivity index (χ0v) is 11.1. The van der Waals surface area contributed by atoms with Gasteiger partial charge in [0.2, 0.25) is 0 Å². The molecule has 0 fully saturated rings. The smallest absolute Gasteiger partial charge is 0.396 e. The lowest BCUT2D eigenvalue weighted by Crippen LogP contribution is -2.41. The van der Waals surface area contributed by atoms with Crippen molar-refractivity contribution in [1.82, 2.24) is 9.78 Å². The van der Waals surface area contributed by atoms with Gasteiger partial charge in [-0.05, 0) is 26.8 Å². The molecule has 0 saturated carbocycles. The van der Waals surface area contributed by atoms with Crippen molar-refractivity contribution in [3.8, 4) is 0 Å². The van der Waals surface area contributed by atoms with E-state index in [0.717, 1.165) is 18.5 Å². The fourth-order valence-corrected chi connectivity index (χ4v) is 1.71. The number of hydrogen-bond donors (Lipinski definition) is 0. The molecule has 1 aromatic heterocycles. The van der Waals surface area contributed by atoms with Crippen molar-refractivity contribution in [3.63, 3.8) is 0 Å². The van der Waals surface area contributed by atoms with E-state index in [1.807, 2.05) is 0 Å². The van der Waals surface area contributed by atoms with Gasteiger partial charge in [0.1, 0.15) is 0 Å². The molecule has 19 heavy (non-hydrogen) atoms. The highest BCUT2D eigenvalue weighted by Crippen LogP contribution is 2.47. The lowest BCUT2D eigenvalue weighted by atomic mass is 9.82. The molecule has 0 aliphatic carbocycles. The monoisotopic (exact) mass is 278 g/mol. The molecule has 1 unspecified atom stereocenters. The Labute approximate surface area is 109 Å². The molecule has 0 aliphatic heterocycles. The Morgan fingerprint density at radius 3 is 2.47 bits per heavy atom. The maximum Gasteiger partial charge on any atom is 0.396 e. The van der Waals surface area contributed by atoms with Gasteiger partial charge in [-0.2, -0.15) is 18.3 Å². The molecule has 0 aromatic carbocycles. The Kier molecular flexibility index (Phi) is 4.60. The van der Waals surface area contributed by atoms with Crippen LogP contribution in [0.15, 0.2) is 18.5 Å². The van der Waals surface area contributed by atoms with Crippen molar-refractivity contribution in [2.24, 2.45) is 5.41 Å². The molecule has 0 saturated heterocycles.